The van der Waals surface area contributed by atoms with Gasteiger partial charge in [-0.1, -0.05) is 6.07 Å². The van der Waals surface area contributed by atoms with Gasteiger partial charge in [0, 0.05) is 29.6 Å². The number of carbonyl (C=O) groups is 1. The number of hydrogen-bond donors (Lipinski definition) is 1. The van der Waals surface area contributed by atoms with Crippen molar-refractivity contribution in [3.05, 3.63) is 22.4 Å². The fourth-order valence-electron chi connectivity index (χ4n) is 3.17. The van der Waals surface area contributed by atoms with Crippen molar-refractivity contribution in [1.82, 2.24) is 4.90 Å². The van der Waals surface area contributed by atoms with Crippen LogP contribution in [0, 0.1) is 11.8 Å². The molecule has 3 atom stereocenters. The molecule has 0 bridgehead atoms. The topological polar surface area (TPSA) is 40.5 Å². The summed E-state index contributed by atoms with van der Waals surface area (Å²) in [4.78, 5) is 15.4. The van der Waals surface area contributed by atoms with Gasteiger partial charge in [0.1, 0.15) is 0 Å². The summed E-state index contributed by atoms with van der Waals surface area (Å²) in [7, 11) is 0. The Balaban J connectivity index is 1.44. The van der Waals surface area contributed by atoms with Crippen LogP contribution in [-0.2, 0) is 10.5 Å². The van der Waals surface area contributed by atoms with Crippen LogP contribution in [0.2, 0.25) is 0 Å². The molecule has 3 nitrogen and oxygen atoms in total. The van der Waals surface area contributed by atoms with Gasteiger partial charge >= 0.3 is 0 Å². The molecule has 0 radical (unpaired) electrons. The van der Waals surface area contributed by atoms with Gasteiger partial charge in [0.15, 0.2) is 0 Å². The van der Waals surface area contributed by atoms with E-state index in [9.17, 15) is 9.90 Å². The summed E-state index contributed by atoms with van der Waals surface area (Å²) < 4.78 is 0. The number of aliphatic hydroxyl groups excluding tert-OH is 1. The fourth-order valence-corrected chi connectivity index (χ4v) is 4.93. The van der Waals surface area contributed by atoms with Crippen molar-refractivity contribution >= 4 is 29.0 Å². The van der Waals surface area contributed by atoms with Crippen LogP contribution in [-0.4, -0.2) is 40.9 Å². The minimum Gasteiger partial charge on any atom is -0.393 e. The number of carbonyl (C=O) groups excluding carboxylic acids is 1. The smallest absolute Gasteiger partial charge is 0.232 e. The van der Waals surface area contributed by atoms with Crippen molar-refractivity contribution in [3.8, 4) is 0 Å². The van der Waals surface area contributed by atoms with Crippen molar-refractivity contribution in [2.75, 3.05) is 18.8 Å². The third-order valence-electron chi connectivity index (χ3n) is 4.22. The number of nitrogens with zero attached hydrogens (tertiary/aromatic N) is 1. The van der Waals surface area contributed by atoms with Gasteiger partial charge in [-0.2, -0.15) is 0 Å². The first-order valence-corrected chi connectivity index (χ1v) is 8.83. The summed E-state index contributed by atoms with van der Waals surface area (Å²) in [6, 6.07) is 4.16. The first kappa shape index (κ1) is 13.5. The van der Waals surface area contributed by atoms with E-state index >= 15 is 0 Å². The molecule has 1 saturated carbocycles. The zero-order valence-corrected chi connectivity index (χ0v) is 12.5. The second kappa shape index (κ2) is 5.85. The molecule has 104 valence electrons. The van der Waals surface area contributed by atoms with Gasteiger partial charge in [-0.3, -0.25) is 4.79 Å². The van der Waals surface area contributed by atoms with E-state index in [-0.39, 0.29) is 12.0 Å². The molecule has 2 heterocycles. The Bertz CT molecular complexity index is 435. The number of hydrogen-bond acceptors (Lipinski definition) is 4. The molecule has 1 aliphatic carbocycles. The molecule has 2 fully saturated rings. The number of thioether (sulfide) groups is 1. The number of aliphatic hydroxyl groups is 1. The Morgan fingerprint density at radius 2 is 2.37 bits per heavy atom. The highest BCUT2D eigenvalue weighted by Gasteiger charge is 2.42. The van der Waals surface area contributed by atoms with Crippen LogP contribution in [0.4, 0.5) is 0 Å². The number of rotatable bonds is 4. The van der Waals surface area contributed by atoms with Crippen LogP contribution < -0.4 is 0 Å². The Labute approximate surface area is 122 Å². The van der Waals surface area contributed by atoms with Gasteiger partial charge in [0.05, 0.1) is 11.9 Å². The van der Waals surface area contributed by atoms with E-state index in [1.54, 1.807) is 23.1 Å². The van der Waals surface area contributed by atoms with E-state index in [0.717, 1.165) is 31.7 Å². The van der Waals surface area contributed by atoms with E-state index in [2.05, 4.69) is 11.4 Å². The van der Waals surface area contributed by atoms with E-state index < -0.39 is 0 Å². The highest BCUT2D eigenvalue weighted by atomic mass is 32.2. The molecule has 1 aliphatic heterocycles. The van der Waals surface area contributed by atoms with E-state index in [1.807, 2.05) is 11.0 Å². The van der Waals surface area contributed by atoms with Crippen LogP contribution in [0.15, 0.2) is 17.5 Å². The monoisotopic (exact) mass is 297 g/mol. The lowest BCUT2D eigenvalue weighted by Crippen LogP contribution is -2.32. The molecular weight excluding hydrogens is 278 g/mol. The zero-order valence-electron chi connectivity index (χ0n) is 10.8. The first-order chi connectivity index (χ1) is 9.24. The van der Waals surface area contributed by atoms with Gasteiger partial charge in [-0.25, -0.2) is 0 Å². The maximum absolute atomic E-state index is 12.1. The van der Waals surface area contributed by atoms with Gasteiger partial charge in [-0.05, 0) is 30.2 Å². The molecular formula is C14H19NO2S2. The van der Waals surface area contributed by atoms with E-state index in [4.69, 9.17) is 0 Å². The highest BCUT2D eigenvalue weighted by Crippen LogP contribution is 2.38. The molecule has 2 aliphatic rings. The Hall–Kier alpha value is -0.520. The molecule has 5 heteroatoms. The quantitative estimate of drug-likeness (QED) is 0.926. The maximum Gasteiger partial charge on any atom is 0.232 e. The first-order valence-electron chi connectivity index (χ1n) is 6.80. The van der Waals surface area contributed by atoms with Crippen LogP contribution >= 0.6 is 23.1 Å². The molecule has 1 amide bonds. The average Bonchev–Trinajstić information content (AvgIpc) is 3.08. The summed E-state index contributed by atoms with van der Waals surface area (Å²) in [6.07, 6.45) is 1.82. The third-order valence-corrected chi connectivity index (χ3v) is 6.25. The lowest BCUT2D eigenvalue weighted by molar-refractivity contribution is -0.127. The van der Waals surface area contributed by atoms with Gasteiger partial charge in [0.25, 0.3) is 0 Å². The van der Waals surface area contributed by atoms with Crippen LogP contribution in [0.25, 0.3) is 0 Å². The highest BCUT2D eigenvalue weighted by molar-refractivity contribution is 7.99. The van der Waals surface area contributed by atoms with Crippen LogP contribution in [0.3, 0.4) is 0 Å². The van der Waals surface area contributed by atoms with E-state index in [1.165, 1.54) is 4.88 Å². The molecule has 19 heavy (non-hydrogen) atoms. The van der Waals surface area contributed by atoms with E-state index in [0.29, 0.717) is 17.6 Å². The standard InChI is InChI=1S/C14H19NO2S2/c16-13-4-3-10-6-15(7-12(10)13)14(17)9-18-8-11-2-1-5-19-11/h1-2,5,10,12-13,16H,3-4,6-9H2. The predicted octanol–water partition coefficient (Wildman–Crippen LogP) is 2.21. The molecule has 1 aromatic heterocycles. The summed E-state index contributed by atoms with van der Waals surface area (Å²) in [5.74, 6) is 2.61. The lowest BCUT2D eigenvalue weighted by atomic mass is 10.00. The van der Waals surface area contributed by atoms with Crippen molar-refractivity contribution in [2.45, 2.75) is 24.7 Å². The predicted molar refractivity (Wildman–Crippen MR) is 79.3 cm³/mol. The van der Waals surface area contributed by atoms with Crippen LogP contribution in [0.1, 0.15) is 17.7 Å². The summed E-state index contributed by atoms with van der Waals surface area (Å²) in [5, 5.41) is 11.9. The van der Waals surface area contributed by atoms with Crippen LogP contribution in [0.5, 0.6) is 0 Å². The summed E-state index contributed by atoms with van der Waals surface area (Å²) in [5.41, 5.74) is 0. The molecule has 0 aromatic carbocycles. The molecule has 3 rings (SSSR count). The van der Waals surface area contributed by atoms with Gasteiger partial charge < -0.3 is 10.0 Å². The Kier molecular flexibility index (Phi) is 4.15. The summed E-state index contributed by atoms with van der Waals surface area (Å²) in [6.45, 7) is 1.63. The van der Waals surface area contributed by atoms with Gasteiger partial charge in [-0.15, -0.1) is 23.1 Å². The SMILES string of the molecule is O=C(CSCc1cccs1)N1CC2CCC(O)C2C1. The second-order valence-corrected chi connectivity index (χ2v) is 7.46. The second-order valence-electron chi connectivity index (χ2n) is 5.44. The number of likely N-dealkylation sites (tertiary alicyclic amines) is 1. The Morgan fingerprint density at radius 1 is 1.47 bits per heavy atom. The van der Waals surface area contributed by atoms with Crippen molar-refractivity contribution in [2.24, 2.45) is 11.8 Å². The molecule has 3 unspecified atom stereocenters. The zero-order chi connectivity index (χ0) is 13.2. The maximum atomic E-state index is 12.1. The third kappa shape index (κ3) is 2.98. The van der Waals surface area contributed by atoms with Crippen molar-refractivity contribution in [3.63, 3.8) is 0 Å². The average molecular weight is 297 g/mol. The minimum absolute atomic E-state index is 0.179. The van der Waals surface area contributed by atoms with Crippen molar-refractivity contribution in [1.29, 1.82) is 0 Å². The number of fused-ring (bicyclic) bond motifs is 1. The lowest BCUT2D eigenvalue weighted by Gasteiger charge is -2.18. The normalized spacial score (nSPS) is 29.7. The van der Waals surface area contributed by atoms with Crippen molar-refractivity contribution < 1.29 is 9.90 Å². The summed E-state index contributed by atoms with van der Waals surface area (Å²) >= 11 is 3.43. The molecule has 1 saturated heterocycles. The largest absolute Gasteiger partial charge is 0.393 e. The number of amides is 1. The number of thiophene rings is 1. The molecule has 1 N–H and O–H groups in total. The fraction of sp³-hybridized carbons (Fsp3) is 0.643. The molecule has 0 spiro atoms. The minimum atomic E-state index is -0.179. The Morgan fingerprint density at radius 3 is 3.11 bits per heavy atom. The molecule has 1 aromatic rings. The van der Waals surface area contributed by atoms with Gasteiger partial charge in [0.2, 0.25) is 5.91 Å².